The molecule has 3 heteroatoms. The van der Waals surface area contributed by atoms with E-state index in [0.717, 1.165) is 35.4 Å². The van der Waals surface area contributed by atoms with Gasteiger partial charge < -0.3 is 10.1 Å². The smallest absolute Gasteiger partial charge is 0.145 e. The number of nitrogens with zero attached hydrogens (tertiary/aromatic N) is 1. The highest BCUT2D eigenvalue weighted by molar-refractivity contribution is 5.84. The Labute approximate surface area is 126 Å². The quantitative estimate of drug-likeness (QED) is 0.873. The Morgan fingerprint density at radius 1 is 1.24 bits per heavy atom. The first-order valence-electron chi connectivity index (χ1n) is 7.90. The molecule has 0 bridgehead atoms. The monoisotopic (exact) mass is 284 g/mol. The minimum atomic E-state index is 0.550. The largest absolute Gasteiger partial charge is 0.494 e. The highest BCUT2D eigenvalue weighted by Crippen LogP contribution is 2.43. The minimum Gasteiger partial charge on any atom is -0.494 e. The van der Waals surface area contributed by atoms with E-state index in [4.69, 9.17) is 9.72 Å². The molecular weight excluding hydrogens is 260 g/mol. The molecule has 0 radical (unpaired) electrons. The van der Waals surface area contributed by atoms with Crippen molar-refractivity contribution < 1.29 is 4.74 Å². The number of hydrogen-bond donors (Lipinski definition) is 1. The molecule has 1 aliphatic rings. The van der Waals surface area contributed by atoms with E-state index in [1.54, 1.807) is 7.11 Å². The van der Waals surface area contributed by atoms with E-state index in [1.165, 1.54) is 25.7 Å². The predicted molar refractivity (Wildman–Crippen MR) is 86.6 cm³/mol. The maximum Gasteiger partial charge on any atom is 0.145 e. The van der Waals surface area contributed by atoms with Gasteiger partial charge in [-0.3, -0.25) is 0 Å². The lowest BCUT2D eigenvalue weighted by molar-refractivity contribution is 0.123. The van der Waals surface area contributed by atoms with Crippen LogP contribution in [0.15, 0.2) is 30.3 Å². The summed E-state index contributed by atoms with van der Waals surface area (Å²) < 4.78 is 5.40. The molecule has 0 spiro atoms. The number of methoxy groups -OCH3 is 1. The van der Waals surface area contributed by atoms with E-state index in [2.05, 4.69) is 30.4 Å². The van der Waals surface area contributed by atoms with Crippen LogP contribution in [0.3, 0.4) is 0 Å². The number of para-hydroxylation sites is 1. The first-order chi connectivity index (χ1) is 10.3. The summed E-state index contributed by atoms with van der Waals surface area (Å²) in [5.41, 5.74) is 2.58. The fraction of sp³-hybridized carbons (Fsp3) is 0.500. The Morgan fingerprint density at radius 3 is 2.76 bits per heavy atom. The Bertz CT molecular complexity index is 614. The normalized spacial score (nSPS) is 16.7. The number of pyridine rings is 1. The van der Waals surface area contributed by atoms with Gasteiger partial charge >= 0.3 is 0 Å². The van der Waals surface area contributed by atoms with Crippen LogP contribution >= 0.6 is 0 Å². The van der Waals surface area contributed by atoms with Gasteiger partial charge in [0.25, 0.3) is 0 Å². The predicted octanol–water partition coefficient (Wildman–Crippen LogP) is 3.91. The fourth-order valence-corrected chi connectivity index (χ4v) is 3.21. The van der Waals surface area contributed by atoms with Crippen molar-refractivity contribution in [3.63, 3.8) is 0 Å². The Kier molecular flexibility index (Phi) is 4.11. The van der Waals surface area contributed by atoms with Gasteiger partial charge in [-0.2, -0.15) is 0 Å². The lowest BCUT2D eigenvalue weighted by Crippen LogP contribution is -2.39. The third kappa shape index (κ3) is 2.88. The molecule has 0 amide bonds. The van der Waals surface area contributed by atoms with Crippen molar-refractivity contribution >= 4 is 10.9 Å². The van der Waals surface area contributed by atoms with Crippen LogP contribution in [0, 0.1) is 5.41 Å². The summed E-state index contributed by atoms with van der Waals surface area (Å²) in [7, 11) is 1.70. The molecule has 2 aromatic rings. The van der Waals surface area contributed by atoms with Crippen LogP contribution in [-0.2, 0) is 6.54 Å². The summed E-state index contributed by atoms with van der Waals surface area (Å²) in [5.74, 6) is 0.846. The highest BCUT2D eigenvalue weighted by Gasteiger charge is 2.34. The number of aromatic nitrogens is 1. The molecule has 0 unspecified atom stereocenters. The van der Waals surface area contributed by atoms with E-state index >= 15 is 0 Å². The van der Waals surface area contributed by atoms with Crippen molar-refractivity contribution in [2.75, 3.05) is 13.7 Å². The highest BCUT2D eigenvalue weighted by atomic mass is 16.5. The maximum absolute atomic E-state index is 5.40. The zero-order valence-electron chi connectivity index (χ0n) is 13.0. The molecule has 1 saturated carbocycles. The summed E-state index contributed by atoms with van der Waals surface area (Å²) in [4.78, 5) is 4.75. The Balaban J connectivity index is 1.69. The van der Waals surface area contributed by atoms with Crippen LogP contribution < -0.4 is 10.1 Å². The lowest BCUT2D eigenvalue weighted by atomic mass is 9.67. The van der Waals surface area contributed by atoms with Gasteiger partial charge in [-0.15, -0.1) is 0 Å². The molecule has 1 fully saturated rings. The second kappa shape index (κ2) is 6.02. The van der Waals surface area contributed by atoms with Crippen molar-refractivity contribution in [3.05, 3.63) is 36.0 Å². The van der Waals surface area contributed by atoms with Crippen LogP contribution in [0.4, 0.5) is 0 Å². The summed E-state index contributed by atoms with van der Waals surface area (Å²) in [6.45, 7) is 4.24. The second-order valence-electron chi connectivity index (χ2n) is 6.15. The Morgan fingerprint density at radius 2 is 2.10 bits per heavy atom. The van der Waals surface area contributed by atoms with Crippen molar-refractivity contribution in [1.29, 1.82) is 0 Å². The number of benzene rings is 1. The first kappa shape index (κ1) is 14.3. The topological polar surface area (TPSA) is 34.1 Å². The van der Waals surface area contributed by atoms with Gasteiger partial charge in [0.15, 0.2) is 0 Å². The standard InChI is InChI=1S/C18H24N2O/c1-3-18(10-5-11-18)13-19-12-15-9-8-14-6-4-7-16(21-2)17(14)20-15/h4,6-9,19H,3,5,10-13H2,1-2H3. The molecule has 0 atom stereocenters. The number of nitrogens with one attached hydrogen (secondary N) is 1. The molecule has 1 aromatic heterocycles. The zero-order chi connectivity index (χ0) is 14.7. The number of ether oxygens (including phenoxy) is 1. The molecule has 0 aliphatic heterocycles. The van der Waals surface area contributed by atoms with Gasteiger partial charge in [-0.1, -0.05) is 31.5 Å². The van der Waals surface area contributed by atoms with Gasteiger partial charge in [0.05, 0.1) is 12.8 Å². The van der Waals surface area contributed by atoms with E-state index in [-0.39, 0.29) is 0 Å². The average molecular weight is 284 g/mol. The summed E-state index contributed by atoms with van der Waals surface area (Å²) in [5, 5.41) is 4.72. The molecule has 1 N–H and O–H groups in total. The lowest BCUT2D eigenvalue weighted by Gasteiger charge is -2.41. The number of rotatable bonds is 6. The van der Waals surface area contributed by atoms with Crippen molar-refractivity contribution in [1.82, 2.24) is 10.3 Å². The van der Waals surface area contributed by atoms with Gasteiger partial charge in [-0.05, 0) is 36.8 Å². The Hall–Kier alpha value is -1.61. The summed E-state index contributed by atoms with van der Waals surface area (Å²) in [6.07, 6.45) is 5.41. The molecule has 21 heavy (non-hydrogen) atoms. The van der Waals surface area contributed by atoms with Crippen LogP contribution in [0.2, 0.25) is 0 Å². The number of fused-ring (bicyclic) bond motifs is 1. The van der Waals surface area contributed by atoms with E-state index in [0.29, 0.717) is 5.41 Å². The fourth-order valence-electron chi connectivity index (χ4n) is 3.21. The molecule has 3 nitrogen and oxygen atoms in total. The molecular formula is C18H24N2O. The maximum atomic E-state index is 5.40. The molecule has 1 aromatic carbocycles. The molecule has 3 rings (SSSR count). The SMILES string of the molecule is CCC1(CNCc2ccc3cccc(OC)c3n2)CCC1. The van der Waals surface area contributed by atoms with E-state index in [9.17, 15) is 0 Å². The van der Waals surface area contributed by atoms with Crippen LogP contribution in [0.1, 0.15) is 38.3 Å². The summed E-state index contributed by atoms with van der Waals surface area (Å²) >= 11 is 0. The molecule has 1 aliphatic carbocycles. The van der Waals surface area contributed by atoms with Gasteiger partial charge in [-0.25, -0.2) is 4.98 Å². The third-order valence-electron chi connectivity index (χ3n) is 4.93. The number of hydrogen-bond acceptors (Lipinski definition) is 3. The van der Waals surface area contributed by atoms with Crippen molar-refractivity contribution in [2.24, 2.45) is 5.41 Å². The van der Waals surface area contributed by atoms with Gasteiger partial charge in [0.1, 0.15) is 11.3 Å². The van der Waals surface area contributed by atoms with Crippen molar-refractivity contribution in [2.45, 2.75) is 39.2 Å². The second-order valence-corrected chi connectivity index (χ2v) is 6.15. The van der Waals surface area contributed by atoms with Crippen LogP contribution in [-0.4, -0.2) is 18.6 Å². The van der Waals surface area contributed by atoms with E-state index in [1.807, 2.05) is 12.1 Å². The molecule has 0 saturated heterocycles. The summed E-state index contributed by atoms with van der Waals surface area (Å²) in [6, 6.07) is 10.3. The zero-order valence-corrected chi connectivity index (χ0v) is 13.0. The molecule has 112 valence electrons. The van der Waals surface area contributed by atoms with Crippen LogP contribution in [0.25, 0.3) is 10.9 Å². The van der Waals surface area contributed by atoms with Gasteiger partial charge in [0.2, 0.25) is 0 Å². The molecule has 1 heterocycles. The van der Waals surface area contributed by atoms with Gasteiger partial charge in [0, 0.05) is 18.5 Å². The van der Waals surface area contributed by atoms with E-state index < -0.39 is 0 Å². The van der Waals surface area contributed by atoms with Crippen molar-refractivity contribution in [3.8, 4) is 5.75 Å². The van der Waals surface area contributed by atoms with Crippen LogP contribution in [0.5, 0.6) is 5.75 Å². The first-order valence-corrected chi connectivity index (χ1v) is 7.90. The minimum absolute atomic E-state index is 0.550. The average Bonchev–Trinajstić information content (AvgIpc) is 2.49. The third-order valence-corrected chi connectivity index (χ3v) is 4.93.